The fourth-order valence-electron chi connectivity index (χ4n) is 4.39. The molecular formula is C21H20N4O. The molecule has 3 aromatic rings. The first-order valence-corrected chi connectivity index (χ1v) is 9.07. The normalized spacial score (nSPS) is 23.0. The van der Waals surface area contributed by atoms with Gasteiger partial charge in [0.1, 0.15) is 12.1 Å². The van der Waals surface area contributed by atoms with Crippen LogP contribution in [0.1, 0.15) is 34.3 Å². The van der Waals surface area contributed by atoms with Crippen LogP contribution in [0.25, 0.3) is 5.82 Å². The number of benzene rings is 1. The molecule has 1 aromatic carbocycles. The lowest BCUT2D eigenvalue weighted by molar-refractivity contribution is 0.0950. The number of carbonyl (C=O) groups is 1. The number of fused-ring (bicyclic) bond motifs is 2. The van der Waals surface area contributed by atoms with Crippen molar-refractivity contribution in [3.05, 3.63) is 78.0 Å². The highest BCUT2D eigenvalue weighted by molar-refractivity contribution is 5.94. The number of nitrogens with one attached hydrogen (secondary N) is 1. The van der Waals surface area contributed by atoms with E-state index in [1.807, 2.05) is 22.9 Å². The SMILES string of the molecule is O=C(NC[C@H]1C[C@@]12CCc1ccccc12)c1ccc(-n2ccnc2)nc1. The fourth-order valence-corrected chi connectivity index (χ4v) is 4.39. The zero-order valence-corrected chi connectivity index (χ0v) is 14.4. The van der Waals surface area contributed by atoms with E-state index in [9.17, 15) is 4.79 Å². The van der Waals surface area contributed by atoms with Gasteiger partial charge in [0, 0.05) is 30.6 Å². The first kappa shape index (κ1) is 15.3. The summed E-state index contributed by atoms with van der Waals surface area (Å²) in [5.74, 6) is 1.25. The smallest absolute Gasteiger partial charge is 0.252 e. The van der Waals surface area contributed by atoms with E-state index in [-0.39, 0.29) is 5.91 Å². The Hall–Kier alpha value is -2.95. The van der Waals surface area contributed by atoms with Gasteiger partial charge in [-0.3, -0.25) is 9.36 Å². The maximum atomic E-state index is 12.5. The summed E-state index contributed by atoms with van der Waals surface area (Å²) >= 11 is 0. The average Bonchev–Trinajstić information content (AvgIpc) is 3.01. The molecule has 5 rings (SSSR count). The van der Waals surface area contributed by atoms with E-state index in [0.29, 0.717) is 16.9 Å². The zero-order chi connectivity index (χ0) is 17.6. The minimum Gasteiger partial charge on any atom is -0.352 e. The molecule has 1 spiro atoms. The number of pyridine rings is 1. The number of hydrogen-bond acceptors (Lipinski definition) is 3. The highest BCUT2D eigenvalue weighted by Gasteiger charge is 2.57. The second kappa shape index (κ2) is 5.80. The summed E-state index contributed by atoms with van der Waals surface area (Å²) < 4.78 is 1.81. The lowest BCUT2D eigenvalue weighted by Gasteiger charge is -2.12. The van der Waals surface area contributed by atoms with Gasteiger partial charge in [-0.25, -0.2) is 9.97 Å². The van der Waals surface area contributed by atoms with Crippen LogP contribution in [0.4, 0.5) is 0 Å². The molecule has 2 aliphatic rings. The van der Waals surface area contributed by atoms with Crippen LogP contribution in [0.2, 0.25) is 0 Å². The minimum atomic E-state index is -0.0528. The first-order valence-electron chi connectivity index (χ1n) is 9.07. The Morgan fingerprint density at radius 1 is 1.27 bits per heavy atom. The highest BCUT2D eigenvalue weighted by Crippen LogP contribution is 2.61. The highest BCUT2D eigenvalue weighted by atomic mass is 16.1. The van der Waals surface area contributed by atoms with Crippen LogP contribution >= 0.6 is 0 Å². The van der Waals surface area contributed by atoms with Crippen LogP contribution in [0.3, 0.4) is 0 Å². The van der Waals surface area contributed by atoms with Crippen LogP contribution in [-0.4, -0.2) is 27.0 Å². The van der Waals surface area contributed by atoms with Gasteiger partial charge in [0.05, 0.1) is 5.56 Å². The molecule has 26 heavy (non-hydrogen) atoms. The molecule has 2 aromatic heterocycles. The zero-order valence-electron chi connectivity index (χ0n) is 14.4. The van der Waals surface area contributed by atoms with Crippen molar-refractivity contribution in [1.82, 2.24) is 19.9 Å². The predicted octanol–water partition coefficient (Wildman–Crippen LogP) is 2.90. The summed E-state index contributed by atoms with van der Waals surface area (Å²) in [7, 11) is 0. The quantitative estimate of drug-likeness (QED) is 0.792. The van der Waals surface area contributed by atoms with Crippen LogP contribution in [0.15, 0.2) is 61.3 Å². The summed E-state index contributed by atoms with van der Waals surface area (Å²) in [5, 5.41) is 3.10. The van der Waals surface area contributed by atoms with Gasteiger partial charge in [-0.2, -0.15) is 0 Å². The topological polar surface area (TPSA) is 59.8 Å². The Morgan fingerprint density at radius 3 is 3.00 bits per heavy atom. The number of rotatable bonds is 4. The van der Waals surface area contributed by atoms with Crippen molar-refractivity contribution in [1.29, 1.82) is 0 Å². The Labute approximate surface area is 152 Å². The molecule has 0 radical (unpaired) electrons. The molecule has 5 heteroatoms. The first-order chi connectivity index (χ1) is 12.8. The van der Waals surface area contributed by atoms with E-state index >= 15 is 0 Å². The Kier molecular flexibility index (Phi) is 3.42. The molecular weight excluding hydrogens is 324 g/mol. The minimum absolute atomic E-state index is 0.0528. The summed E-state index contributed by atoms with van der Waals surface area (Å²) in [5.41, 5.74) is 3.90. The summed E-state index contributed by atoms with van der Waals surface area (Å²) in [6, 6.07) is 12.4. The van der Waals surface area contributed by atoms with E-state index in [0.717, 1.165) is 12.4 Å². The van der Waals surface area contributed by atoms with Crippen molar-refractivity contribution in [2.45, 2.75) is 24.7 Å². The number of carbonyl (C=O) groups excluding carboxylic acids is 1. The molecule has 1 N–H and O–H groups in total. The molecule has 1 fully saturated rings. The molecule has 0 aliphatic heterocycles. The molecule has 2 aliphatic carbocycles. The second-order valence-electron chi connectivity index (χ2n) is 7.30. The van der Waals surface area contributed by atoms with Crippen molar-refractivity contribution in [2.75, 3.05) is 6.54 Å². The van der Waals surface area contributed by atoms with Crippen LogP contribution in [0.5, 0.6) is 0 Å². The van der Waals surface area contributed by atoms with Gasteiger partial charge < -0.3 is 5.32 Å². The maximum absolute atomic E-state index is 12.5. The molecule has 0 bridgehead atoms. The van der Waals surface area contributed by atoms with Crippen LogP contribution in [-0.2, 0) is 11.8 Å². The van der Waals surface area contributed by atoms with Crippen molar-refractivity contribution in [2.24, 2.45) is 5.92 Å². The molecule has 5 nitrogen and oxygen atoms in total. The summed E-state index contributed by atoms with van der Waals surface area (Å²) in [6.07, 6.45) is 10.4. The molecule has 2 atom stereocenters. The van der Waals surface area contributed by atoms with E-state index in [4.69, 9.17) is 0 Å². The number of aryl methyl sites for hydroxylation is 1. The predicted molar refractivity (Wildman–Crippen MR) is 98.2 cm³/mol. The van der Waals surface area contributed by atoms with E-state index < -0.39 is 0 Å². The van der Waals surface area contributed by atoms with Crippen molar-refractivity contribution >= 4 is 5.91 Å². The fraction of sp³-hybridized carbons (Fsp3) is 0.286. The third-order valence-electron chi connectivity index (χ3n) is 5.91. The lowest BCUT2D eigenvalue weighted by Crippen LogP contribution is -2.27. The van der Waals surface area contributed by atoms with Gasteiger partial charge in [-0.1, -0.05) is 24.3 Å². The van der Waals surface area contributed by atoms with Crippen molar-refractivity contribution < 1.29 is 4.79 Å². The monoisotopic (exact) mass is 344 g/mol. The van der Waals surface area contributed by atoms with Crippen LogP contribution < -0.4 is 5.32 Å². The van der Waals surface area contributed by atoms with Gasteiger partial charge in [0.15, 0.2) is 0 Å². The molecule has 130 valence electrons. The lowest BCUT2D eigenvalue weighted by atomic mass is 9.95. The van der Waals surface area contributed by atoms with Crippen molar-refractivity contribution in [3.63, 3.8) is 0 Å². The van der Waals surface area contributed by atoms with Gasteiger partial charge in [-0.15, -0.1) is 0 Å². The van der Waals surface area contributed by atoms with E-state index in [1.165, 1.54) is 30.4 Å². The number of hydrogen-bond donors (Lipinski definition) is 1. The van der Waals surface area contributed by atoms with Crippen molar-refractivity contribution in [3.8, 4) is 5.82 Å². The second-order valence-corrected chi connectivity index (χ2v) is 7.30. The Morgan fingerprint density at radius 2 is 2.19 bits per heavy atom. The number of nitrogens with zero attached hydrogens (tertiary/aromatic N) is 3. The molecule has 1 amide bonds. The number of aromatic nitrogens is 3. The summed E-state index contributed by atoms with van der Waals surface area (Å²) in [6.45, 7) is 0.733. The average molecular weight is 344 g/mol. The van der Waals surface area contributed by atoms with Crippen LogP contribution in [0, 0.1) is 5.92 Å². The maximum Gasteiger partial charge on any atom is 0.252 e. The molecule has 1 saturated carbocycles. The van der Waals surface area contributed by atoms with E-state index in [2.05, 4.69) is 39.6 Å². The standard InChI is InChI=1S/C21H20N4O/c26-20(16-5-6-19(23-12-16)25-10-9-22-14-25)24-13-17-11-21(17)8-7-15-3-1-2-4-18(15)21/h1-6,9-10,12,14,17H,7-8,11,13H2,(H,24,26)/t17-,21+/m1/s1. The molecule has 2 heterocycles. The number of imidazole rings is 1. The number of amides is 1. The van der Waals surface area contributed by atoms with Gasteiger partial charge in [-0.05, 0) is 48.4 Å². The van der Waals surface area contributed by atoms with Gasteiger partial charge in [0.25, 0.3) is 5.91 Å². The Balaban J connectivity index is 1.23. The third kappa shape index (κ3) is 2.43. The molecule has 0 unspecified atom stereocenters. The summed E-state index contributed by atoms with van der Waals surface area (Å²) in [4.78, 5) is 20.8. The Bertz CT molecular complexity index is 948. The van der Waals surface area contributed by atoms with Gasteiger partial charge in [0.2, 0.25) is 0 Å². The van der Waals surface area contributed by atoms with E-state index in [1.54, 1.807) is 18.7 Å². The van der Waals surface area contributed by atoms with Gasteiger partial charge >= 0.3 is 0 Å². The third-order valence-corrected chi connectivity index (χ3v) is 5.91. The largest absolute Gasteiger partial charge is 0.352 e. The molecule has 0 saturated heterocycles.